The molecule has 0 aliphatic carbocycles. The molecule has 0 N–H and O–H groups in total. The zero-order valence-electron chi connectivity index (χ0n) is 12.7. The van der Waals surface area contributed by atoms with Crippen LogP contribution in [0, 0.1) is 13.8 Å². The van der Waals surface area contributed by atoms with Crippen molar-refractivity contribution in [3.63, 3.8) is 0 Å². The van der Waals surface area contributed by atoms with Gasteiger partial charge in [-0.15, -0.1) is 0 Å². The van der Waals surface area contributed by atoms with Gasteiger partial charge in [0.25, 0.3) is 0 Å². The van der Waals surface area contributed by atoms with E-state index in [0.717, 1.165) is 23.5 Å². The summed E-state index contributed by atoms with van der Waals surface area (Å²) in [6.07, 6.45) is 2.50. The monoisotopic (exact) mass is 284 g/mol. The van der Waals surface area contributed by atoms with Gasteiger partial charge in [0.15, 0.2) is 0 Å². The highest BCUT2D eigenvalue weighted by Gasteiger charge is 2.13. The topological polar surface area (TPSA) is 44.1 Å². The second kappa shape index (κ2) is 6.39. The highest BCUT2D eigenvalue weighted by atomic mass is 16.5. The first-order valence-corrected chi connectivity index (χ1v) is 7.02. The normalized spacial score (nSPS) is 10.4. The fraction of sp³-hybridized carbons (Fsp3) is 0.294. The molecular formula is C17H20N2O2. The van der Waals surface area contributed by atoms with E-state index in [4.69, 9.17) is 4.74 Å². The molecule has 4 nitrogen and oxygen atoms in total. The Morgan fingerprint density at radius 2 is 2.19 bits per heavy atom. The van der Waals surface area contributed by atoms with Crippen LogP contribution < -0.4 is 0 Å². The maximum atomic E-state index is 11.9. The molecule has 2 rings (SSSR count). The molecule has 0 bridgehead atoms. The predicted octanol–water partition coefficient (Wildman–Crippen LogP) is 3.39. The van der Waals surface area contributed by atoms with Crippen LogP contribution in [0.15, 0.2) is 36.9 Å². The first-order valence-electron chi connectivity index (χ1n) is 7.02. The van der Waals surface area contributed by atoms with Crippen LogP contribution in [0.4, 0.5) is 0 Å². The Bertz CT molecular complexity index is 671. The summed E-state index contributed by atoms with van der Waals surface area (Å²) >= 11 is 0. The third-order valence-corrected chi connectivity index (χ3v) is 3.45. The Kier molecular flexibility index (Phi) is 4.58. The van der Waals surface area contributed by atoms with Crippen LogP contribution >= 0.6 is 0 Å². The van der Waals surface area contributed by atoms with E-state index in [1.54, 1.807) is 18.2 Å². The first kappa shape index (κ1) is 15.0. The lowest BCUT2D eigenvalue weighted by molar-refractivity contribution is 0.0549. The van der Waals surface area contributed by atoms with E-state index in [-0.39, 0.29) is 12.6 Å². The summed E-state index contributed by atoms with van der Waals surface area (Å²) in [5.74, 6) is -0.353. The van der Waals surface area contributed by atoms with Gasteiger partial charge in [-0.05, 0) is 44.0 Å². The summed E-state index contributed by atoms with van der Waals surface area (Å²) in [7, 11) is 0. The number of rotatable bonds is 5. The average molecular weight is 284 g/mol. The zero-order chi connectivity index (χ0) is 15.4. The van der Waals surface area contributed by atoms with Crippen LogP contribution in [-0.4, -0.2) is 22.4 Å². The number of hydrogen-bond acceptors (Lipinski definition) is 3. The molecule has 1 aromatic carbocycles. The van der Waals surface area contributed by atoms with Crippen molar-refractivity contribution < 1.29 is 9.53 Å². The molecule has 1 heterocycles. The Morgan fingerprint density at radius 3 is 2.81 bits per heavy atom. The Balaban J connectivity index is 2.37. The Labute approximate surface area is 125 Å². The molecule has 110 valence electrons. The minimum absolute atomic E-state index is 0.211. The number of aryl methyl sites for hydroxylation is 1. The van der Waals surface area contributed by atoms with E-state index in [2.05, 4.69) is 18.6 Å². The van der Waals surface area contributed by atoms with Gasteiger partial charge in [0.1, 0.15) is 6.61 Å². The van der Waals surface area contributed by atoms with Crippen LogP contribution in [0.1, 0.15) is 34.2 Å². The van der Waals surface area contributed by atoms with Gasteiger partial charge in [-0.1, -0.05) is 25.6 Å². The van der Waals surface area contributed by atoms with Gasteiger partial charge in [-0.2, -0.15) is 5.10 Å². The number of ether oxygens (including phenoxy) is 1. The summed E-state index contributed by atoms with van der Waals surface area (Å²) in [6.45, 7) is 9.91. The fourth-order valence-corrected chi connectivity index (χ4v) is 2.42. The van der Waals surface area contributed by atoms with Crippen molar-refractivity contribution in [2.45, 2.75) is 27.2 Å². The van der Waals surface area contributed by atoms with E-state index >= 15 is 0 Å². The smallest absolute Gasteiger partial charge is 0.338 e. The standard InChI is InChI=1S/C17H20N2O2/c1-5-10-21-17(20)14-8-7-9-15(11-14)19-13(4)16(6-2)12(3)18-19/h5,7-9,11H,1,6,10H2,2-4H3. The van der Waals surface area contributed by atoms with Crippen molar-refractivity contribution in [3.05, 3.63) is 59.4 Å². The third-order valence-electron chi connectivity index (χ3n) is 3.45. The SMILES string of the molecule is C=CCOC(=O)c1cccc(-n2nc(C)c(CC)c2C)c1. The van der Waals surface area contributed by atoms with Crippen molar-refractivity contribution in [3.8, 4) is 5.69 Å². The molecule has 0 atom stereocenters. The number of benzene rings is 1. The molecule has 21 heavy (non-hydrogen) atoms. The molecule has 0 fully saturated rings. The molecule has 0 radical (unpaired) electrons. The second-order valence-electron chi connectivity index (χ2n) is 4.85. The lowest BCUT2D eigenvalue weighted by Gasteiger charge is -2.07. The number of esters is 1. The maximum Gasteiger partial charge on any atom is 0.338 e. The third kappa shape index (κ3) is 3.05. The quantitative estimate of drug-likeness (QED) is 0.624. The zero-order valence-corrected chi connectivity index (χ0v) is 12.7. The lowest BCUT2D eigenvalue weighted by atomic mass is 10.1. The van der Waals surface area contributed by atoms with Crippen molar-refractivity contribution in [1.82, 2.24) is 9.78 Å². The van der Waals surface area contributed by atoms with Crippen LogP contribution in [0.25, 0.3) is 5.69 Å². The summed E-state index contributed by atoms with van der Waals surface area (Å²) in [6, 6.07) is 7.30. The first-order chi connectivity index (χ1) is 10.1. The minimum Gasteiger partial charge on any atom is -0.458 e. The largest absolute Gasteiger partial charge is 0.458 e. The Hall–Kier alpha value is -2.36. The van der Waals surface area contributed by atoms with Crippen LogP contribution in [0.5, 0.6) is 0 Å². The molecule has 1 aromatic heterocycles. The molecule has 0 aliphatic heterocycles. The van der Waals surface area contributed by atoms with Crippen molar-refractivity contribution in [2.75, 3.05) is 6.61 Å². The van der Waals surface area contributed by atoms with Gasteiger partial charge in [0.2, 0.25) is 0 Å². The molecule has 0 unspecified atom stereocenters. The van der Waals surface area contributed by atoms with Crippen molar-refractivity contribution >= 4 is 5.97 Å². The highest BCUT2D eigenvalue weighted by molar-refractivity contribution is 5.90. The van der Waals surface area contributed by atoms with Gasteiger partial charge in [-0.3, -0.25) is 0 Å². The van der Waals surface area contributed by atoms with Crippen molar-refractivity contribution in [2.24, 2.45) is 0 Å². The maximum absolute atomic E-state index is 11.9. The number of hydrogen-bond donors (Lipinski definition) is 0. The lowest BCUT2D eigenvalue weighted by Crippen LogP contribution is -2.07. The molecule has 0 saturated carbocycles. The molecule has 0 amide bonds. The highest BCUT2D eigenvalue weighted by Crippen LogP contribution is 2.19. The van der Waals surface area contributed by atoms with E-state index in [1.807, 2.05) is 30.7 Å². The number of carbonyl (C=O) groups is 1. The summed E-state index contributed by atoms with van der Waals surface area (Å²) < 4.78 is 6.94. The fourth-order valence-electron chi connectivity index (χ4n) is 2.42. The van der Waals surface area contributed by atoms with Gasteiger partial charge < -0.3 is 4.74 Å². The van der Waals surface area contributed by atoms with Crippen LogP contribution in [0.3, 0.4) is 0 Å². The van der Waals surface area contributed by atoms with Gasteiger partial charge in [0.05, 0.1) is 16.9 Å². The second-order valence-corrected chi connectivity index (χ2v) is 4.85. The van der Waals surface area contributed by atoms with E-state index in [1.165, 1.54) is 5.56 Å². The molecule has 2 aromatic rings. The van der Waals surface area contributed by atoms with Crippen LogP contribution in [-0.2, 0) is 11.2 Å². The Morgan fingerprint density at radius 1 is 1.43 bits per heavy atom. The molecular weight excluding hydrogens is 264 g/mol. The van der Waals surface area contributed by atoms with Gasteiger partial charge >= 0.3 is 5.97 Å². The average Bonchev–Trinajstić information content (AvgIpc) is 2.79. The summed E-state index contributed by atoms with van der Waals surface area (Å²) in [5, 5.41) is 4.56. The minimum atomic E-state index is -0.353. The molecule has 0 aliphatic rings. The van der Waals surface area contributed by atoms with Gasteiger partial charge in [-0.25, -0.2) is 9.48 Å². The van der Waals surface area contributed by atoms with Crippen LogP contribution in [0.2, 0.25) is 0 Å². The number of nitrogens with zero attached hydrogens (tertiary/aromatic N) is 2. The van der Waals surface area contributed by atoms with Crippen molar-refractivity contribution in [1.29, 1.82) is 0 Å². The number of carbonyl (C=O) groups excluding carboxylic acids is 1. The molecule has 4 heteroatoms. The van der Waals surface area contributed by atoms with E-state index in [9.17, 15) is 4.79 Å². The molecule has 0 spiro atoms. The molecule has 0 saturated heterocycles. The predicted molar refractivity (Wildman–Crippen MR) is 82.9 cm³/mol. The van der Waals surface area contributed by atoms with E-state index in [0.29, 0.717) is 5.56 Å². The van der Waals surface area contributed by atoms with E-state index < -0.39 is 0 Å². The summed E-state index contributed by atoms with van der Waals surface area (Å²) in [4.78, 5) is 11.9. The van der Waals surface area contributed by atoms with Gasteiger partial charge in [0, 0.05) is 5.69 Å². The number of aromatic nitrogens is 2. The summed E-state index contributed by atoms with van der Waals surface area (Å²) in [5.41, 5.74) is 4.75.